The van der Waals surface area contributed by atoms with Crippen LogP contribution < -0.4 is 5.32 Å². The lowest BCUT2D eigenvalue weighted by Crippen LogP contribution is -2.46. The van der Waals surface area contributed by atoms with Gasteiger partial charge in [0.25, 0.3) is 5.95 Å². The average Bonchev–Trinajstić information content (AvgIpc) is 2.80. The Bertz CT molecular complexity index is 384. The summed E-state index contributed by atoms with van der Waals surface area (Å²) in [5.41, 5.74) is 0. The third kappa shape index (κ3) is 1.59. The molecule has 1 aromatic rings. The second-order valence-corrected chi connectivity index (χ2v) is 4.46. The highest BCUT2D eigenvalue weighted by molar-refractivity contribution is 5.66. The van der Waals surface area contributed by atoms with E-state index in [0.29, 0.717) is 24.1 Å². The van der Waals surface area contributed by atoms with Gasteiger partial charge in [0.1, 0.15) is 0 Å². The number of anilines is 1. The van der Waals surface area contributed by atoms with Gasteiger partial charge in [-0.15, -0.1) is 0 Å². The number of piperidine rings is 3. The first-order valence-electron chi connectivity index (χ1n) is 5.63. The molecule has 1 atom stereocenters. The Kier molecular flexibility index (Phi) is 2.36. The molecule has 3 aliphatic heterocycles. The molecule has 0 spiro atoms. The summed E-state index contributed by atoms with van der Waals surface area (Å²) < 4.78 is 5.20. The van der Waals surface area contributed by atoms with Crippen molar-refractivity contribution in [1.29, 1.82) is 0 Å². The summed E-state index contributed by atoms with van der Waals surface area (Å²) in [6.45, 7) is 3.39. The van der Waals surface area contributed by atoms with Crippen molar-refractivity contribution < 1.29 is 9.32 Å². The number of carbonyl (C=O) groups excluding carboxylic acids is 1. The molecule has 4 heterocycles. The maximum atomic E-state index is 10.2. The van der Waals surface area contributed by atoms with Crippen molar-refractivity contribution in [1.82, 2.24) is 15.0 Å². The number of fused-ring (bicyclic) bond motifs is 3. The highest BCUT2D eigenvalue weighted by Crippen LogP contribution is 2.38. The van der Waals surface area contributed by atoms with Gasteiger partial charge in [-0.3, -0.25) is 10.1 Å². The molecule has 1 unspecified atom stereocenters. The van der Waals surface area contributed by atoms with E-state index < -0.39 is 0 Å². The molecule has 3 saturated heterocycles. The van der Waals surface area contributed by atoms with Crippen LogP contribution in [0.5, 0.6) is 0 Å². The van der Waals surface area contributed by atoms with Crippen LogP contribution >= 0.6 is 0 Å². The second kappa shape index (κ2) is 3.86. The minimum atomic E-state index is 0.265. The van der Waals surface area contributed by atoms with E-state index in [1.807, 2.05) is 0 Å². The Morgan fingerprint density at radius 1 is 1.44 bits per heavy atom. The molecule has 4 rings (SSSR count). The lowest BCUT2D eigenvalue weighted by Gasteiger charge is -2.43. The molecule has 1 aromatic heterocycles. The highest BCUT2D eigenvalue weighted by atomic mass is 16.5. The van der Waals surface area contributed by atoms with Gasteiger partial charge in [-0.1, -0.05) is 0 Å². The van der Waals surface area contributed by atoms with Gasteiger partial charge in [0.15, 0.2) is 0 Å². The zero-order chi connectivity index (χ0) is 11.0. The minimum Gasteiger partial charge on any atom is -0.337 e. The summed E-state index contributed by atoms with van der Waals surface area (Å²) in [4.78, 5) is 16.9. The number of rotatable bonds is 3. The molecule has 0 radical (unpaired) electrons. The van der Waals surface area contributed by atoms with E-state index in [0.717, 1.165) is 6.54 Å². The first kappa shape index (κ1) is 9.77. The summed E-state index contributed by atoms with van der Waals surface area (Å²) in [6, 6.07) is 0. The second-order valence-electron chi connectivity index (χ2n) is 4.46. The van der Waals surface area contributed by atoms with E-state index in [1.165, 1.54) is 25.9 Å². The zero-order valence-corrected chi connectivity index (χ0v) is 8.93. The van der Waals surface area contributed by atoms with Gasteiger partial charge in [0.05, 0.1) is 5.92 Å². The van der Waals surface area contributed by atoms with Crippen LogP contribution in [0.2, 0.25) is 0 Å². The number of amides is 1. The predicted molar refractivity (Wildman–Crippen MR) is 55.9 cm³/mol. The molecule has 86 valence electrons. The third-order valence-corrected chi connectivity index (χ3v) is 3.60. The third-order valence-electron chi connectivity index (χ3n) is 3.60. The van der Waals surface area contributed by atoms with Crippen LogP contribution in [0.15, 0.2) is 4.52 Å². The Balaban J connectivity index is 1.78. The summed E-state index contributed by atoms with van der Waals surface area (Å²) >= 11 is 0. The fourth-order valence-corrected chi connectivity index (χ4v) is 2.74. The Morgan fingerprint density at radius 2 is 2.25 bits per heavy atom. The highest BCUT2D eigenvalue weighted by Gasteiger charge is 2.38. The zero-order valence-electron chi connectivity index (χ0n) is 8.93. The molecule has 0 saturated carbocycles. The van der Waals surface area contributed by atoms with Crippen molar-refractivity contribution in [3.05, 3.63) is 5.89 Å². The number of aromatic nitrogens is 2. The van der Waals surface area contributed by atoms with Crippen molar-refractivity contribution in [3.8, 4) is 0 Å². The van der Waals surface area contributed by atoms with E-state index >= 15 is 0 Å². The monoisotopic (exact) mass is 222 g/mol. The molecule has 6 heteroatoms. The van der Waals surface area contributed by atoms with Crippen LogP contribution in [0, 0.1) is 5.92 Å². The minimum absolute atomic E-state index is 0.265. The molecule has 0 aromatic carbocycles. The molecular formula is C10H14N4O2. The van der Waals surface area contributed by atoms with Crippen LogP contribution in [0.3, 0.4) is 0 Å². The fraction of sp³-hybridized carbons (Fsp3) is 0.700. The number of hydrogen-bond acceptors (Lipinski definition) is 5. The van der Waals surface area contributed by atoms with E-state index in [1.54, 1.807) is 0 Å². The van der Waals surface area contributed by atoms with Crippen LogP contribution in [-0.2, 0) is 4.79 Å². The predicted octanol–water partition coefficient (Wildman–Crippen LogP) is 0.447. The molecule has 2 bridgehead atoms. The molecule has 1 N–H and O–H groups in total. The summed E-state index contributed by atoms with van der Waals surface area (Å²) in [5.74, 6) is 1.94. The standard InChI is InChI=1S/C10H14N4O2/c15-6-11-10-12-9(16-13-10)8-5-14-3-1-7(8)2-4-14/h6-8H,1-5H2,(H,11,13,15). The quantitative estimate of drug-likeness (QED) is 0.752. The maximum absolute atomic E-state index is 10.2. The van der Waals surface area contributed by atoms with Gasteiger partial charge < -0.3 is 9.42 Å². The largest absolute Gasteiger partial charge is 0.337 e. The van der Waals surface area contributed by atoms with Crippen LogP contribution in [0.1, 0.15) is 24.7 Å². The average molecular weight is 222 g/mol. The maximum Gasteiger partial charge on any atom is 0.269 e. The number of nitrogens with zero attached hydrogens (tertiary/aromatic N) is 3. The Hall–Kier alpha value is -1.43. The van der Waals surface area contributed by atoms with E-state index in [2.05, 4.69) is 20.4 Å². The lowest BCUT2D eigenvalue weighted by atomic mass is 9.79. The topological polar surface area (TPSA) is 71.3 Å². The SMILES string of the molecule is O=CNc1noc(C2CN3CCC2CC3)n1. The summed E-state index contributed by atoms with van der Waals surface area (Å²) in [6.07, 6.45) is 2.98. The normalized spacial score (nSPS) is 32.6. The van der Waals surface area contributed by atoms with Crippen molar-refractivity contribution in [2.45, 2.75) is 18.8 Å². The fourth-order valence-electron chi connectivity index (χ4n) is 2.74. The van der Waals surface area contributed by atoms with E-state index in [-0.39, 0.29) is 5.95 Å². The van der Waals surface area contributed by atoms with Gasteiger partial charge in [0, 0.05) is 6.54 Å². The molecule has 0 aliphatic carbocycles. The first-order chi connectivity index (χ1) is 7.86. The van der Waals surface area contributed by atoms with E-state index in [9.17, 15) is 4.79 Å². The first-order valence-corrected chi connectivity index (χ1v) is 5.63. The molecule has 3 fully saturated rings. The van der Waals surface area contributed by atoms with Gasteiger partial charge in [-0.25, -0.2) is 0 Å². The summed E-state index contributed by atoms with van der Waals surface area (Å²) in [5, 5.41) is 6.12. The summed E-state index contributed by atoms with van der Waals surface area (Å²) in [7, 11) is 0. The number of hydrogen-bond donors (Lipinski definition) is 1. The van der Waals surface area contributed by atoms with E-state index in [4.69, 9.17) is 4.52 Å². The van der Waals surface area contributed by atoms with Crippen molar-refractivity contribution in [2.24, 2.45) is 5.92 Å². The van der Waals surface area contributed by atoms with Gasteiger partial charge in [-0.2, -0.15) is 4.98 Å². The smallest absolute Gasteiger partial charge is 0.269 e. The van der Waals surface area contributed by atoms with Crippen LogP contribution in [0.4, 0.5) is 5.95 Å². The van der Waals surface area contributed by atoms with Gasteiger partial charge in [-0.05, 0) is 37.0 Å². The van der Waals surface area contributed by atoms with Crippen LogP contribution in [0.25, 0.3) is 0 Å². The van der Waals surface area contributed by atoms with Crippen molar-refractivity contribution in [2.75, 3.05) is 25.0 Å². The Morgan fingerprint density at radius 3 is 2.88 bits per heavy atom. The van der Waals surface area contributed by atoms with Gasteiger partial charge >= 0.3 is 0 Å². The Labute approximate surface area is 93.0 Å². The van der Waals surface area contributed by atoms with Crippen molar-refractivity contribution in [3.63, 3.8) is 0 Å². The molecule has 3 aliphatic rings. The van der Waals surface area contributed by atoms with Crippen molar-refractivity contribution >= 4 is 12.4 Å². The molecule has 6 nitrogen and oxygen atoms in total. The molecular weight excluding hydrogens is 208 g/mol. The van der Waals surface area contributed by atoms with Gasteiger partial charge in [0.2, 0.25) is 12.3 Å². The number of carbonyl (C=O) groups is 1. The van der Waals surface area contributed by atoms with Crippen LogP contribution in [-0.4, -0.2) is 41.1 Å². The lowest BCUT2D eigenvalue weighted by molar-refractivity contribution is -0.105. The number of nitrogens with one attached hydrogen (secondary N) is 1. The molecule has 1 amide bonds. The molecule has 16 heavy (non-hydrogen) atoms.